The quantitative estimate of drug-likeness (QED) is 0.877. The lowest BCUT2D eigenvalue weighted by Gasteiger charge is -2.40. The third-order valence-corrected chi connectivity index (χ3v) is 5.12. The minimum Gasteiger partial charge on any atom is -0.389 e. The second-order valence-corrected chi connectivity index (χ2v) is 6.86. The molecule has 1 N–H and O–H groups in total. The van der Waals surface area contributed by atoms with Gasteiger partial charge in [0.1, 0.15) is 0 Å². The van der Waals surface area contributed by atoms with Gasteiger partial charge in [-0.2, -0.15) is 0 Å². The number of hydrogen-bond donors (Lipinski definition) is 1. The van der Waals surface area contributed by atoms with E-state index in [0.29, 0.717) is 25.6 Å². The molecule has 0 saturated carbocycles. The summed E-state index contributed by atoms with van der Waals surface area (Å²) >= 11 is 0. The fraction of sp³-hybridized carbons (Fsp3) is 0.632. The van der Waals surface area contributed by atoms with E-state index in [9.17, 15) is 9.90 Å². The van der Waals surface area contributed by atoms with E-state index in [2.05, 4.69) is 36.1 Å². The number of para-hydroxylation sites is 1. The van der Waals surface area contributed by atoms with Gasteiger partial charge in [0.05, 0.1) is 6.10 Å². The molecule has 1 aromatic carbocycles. The molecule has 1 amide bonds. The van der Waals surface area contributed by atoms with Gasteiger partial charge in [-0.25, -0.2) is 0 Å². The van der Waals surface area contributed by atoms with Crippen LogP contribution in [-0.2, 0) is 11.2 Å². The van der Waals surface area contributed by atoms with Crippen molar-refractivity contribution < 1.29 is 9.90 Å². The molecule has 4 nitrogen and oxygen atoms in total. The van der Waals surface area contributed by atoms with Crippen LogP contribution in [0.1, 0.15) is 44.6 Å². The zero-order chi connectivity index (χ0) is 16.2. The van der Waals surface area contributed by atoms with Crippen molar-refractivity contribution in [2.75, 3.05) is 24.5 Å². The predicted molar refractivity (Wildman–Crippen MR) is 92.6 cm³/mol. The number of aryl methyl sites for hydroxylation is 1. The molecule has 2 aliphatic heterocycles. The van der Waals surface area contributed by atoms with E-state index < -0.39 is 6.10 Å². The van der Waals surface area contributed by atoms with Crippen molar-refractivity contribution in [2.45, 2.75) is 57.6 Å². The summed E-state index contributed by atoms with van der Waals surface area (Å²) in [6.07, 6.45) is 5.67. The minimum absolute atomic E-state index is 0.188. The zero-order valence-electron chi connectivity index (χ0n) is 14.1. The van der Waals surface area contributed by atoms with Crippen LogP contribution in [-0.4, -0.2) is 47.7 Å². The van der Waals surface area contributed by atoms with Gasteiger partial charge in [0.25, 0.3) is 0 Å². The van der Waals surface area contributed by atoms with E-state index in [0.717, 1.165) is 38.6 Å². The van der Waals surface area contributed by atoms with Crippen molar-refractivity contribution in [1.82, 2.24) is 4.90 Å². The van der Waals surface area contributed by atoms with Gasteiger partial charge in [-0.3, -0.25) is 4.79 Å². The summed E-state index contributed by atoms with van der Waals surface area (Å²) < 4.78 is 0. The van der Waals surface area contributed by atoms with Gasteiger partial charge in [-0.15, -0.1) is 0 Å². The van der Waals surface area contributed by atoms with Crippen molar-refractivity contribution in [3.63, 3.8) is 0 Å². The Morgan fingerprint density at radius 2 is 2.09 bits per heavy atom. The molecule has 126 valence electrons. The monoisotopic (exact) mass is 316 g/mol. The molecule has 23 heavy (non-hydrogen) atoms. The standard InChI is InChI=1S/C19H28N2O2/c1-2-6-16-11-10-15-7-3-4-8-18(15)21(16)14-17(22)13-20-12-5-9-19(20)23/h3-4,7-8,16-17,22H,2,5-6,9-14H2,1H3. The molecule has 2 heterocycles. The van der Waals surface area contributed by atoms with Crippen molar-refractivity contribution in [3.8, 4) is 0 Å². The Kier molecular flexibility index (Phi) is 5.21. The van der Waals surface area contributed by atoms with Gasteiger partial charge in [0.2, 0.25) is 5.91 Å². The number of nitrogens with zero attached hydrogens (tertiary/aromatic N) is 2. The fourth-order valence-corrected chi connectivity index (χ4v) is 3.99. The van der Waals surface area contributed by atoms with Crippen molar-refractivity contribution in [3.05, 3.63) is 29.8 Å². The number of likely N-dealkylation sites (tertiary alicyclic amines) is 1. The maximum atomic E-state index is 11.8. The van der Waals surface area contributed by atoms with Crippen LogP contribution in [0.4, 0.5) is 5.69 Å². The van der Waals surface area contributed by atoms with E-state index in [1.54, 1.807) is 0 Å². The Morgan fingerprint density at radius 3 is 2.83 bits per heavy atom. The first-order valence-corrected chi connectivity index (χ1v) is 8.99. The van der Waals surface area contributed by atoms with Gasteiger partial charge in [-0.05, 0) is 37.3 Å². The summed E-state index contributed by atoms with van der Waals surface area (Å²) in [5.41, 5.74) is 2.65. The van der Waals surface area contributed by atoms with Crippen molar-refractivity contribution in [2.24, 2.45) is 0 Å². The molecule has 1 aromatic rings. The second-order valence-electron chi connectivity index (χ2n) is 6.86. The van der Waals surface area contributed by atoms with Gasteiger partial charge in [0.15, 0.2) is 0 Å². The lowest BCUT2D eigenvalue weighted by molar-refractivity contribution is -0.128. The minimum atomic E-state index is -0.484. The summed E-state index contributed by atoms with van der Waals surface area (Å²) in [5.74, 6) is 0.188. The second kappa shape index (κ2) is 7.35. The summed E-state index contributed by atoms with van der Waals surface area (Å²) in [6, 6.07) is 9.04. The van der Waals surface area contributed by atoms with E-state index in [-0.39, 0.29) is 5.91 Å². The number of aliphatic hydroxyl groups is 1. The topological polar surface area (TPSA) is 43.8 Å². The Hall–Kier alpha value is -1.55. The van der Waals surface area contributed by atoms with Crippen LogP contribution >= 0.6 is 0 Å². The summed E-state index contributed by atoms with van der Waals surface area (Å²) in [4.78, 5) is 16.0. The first-order valence-electron chi connectivity index (χ1n) is 8.99. The fourth-order valence-electron chi connectivity index (χ4n) is 3.99. The molecule has 1 saturated heterocycles. The number of carbonyl (C=O) groups is 1. The SMILES string of the molecule is CCCC1CCc2ccccc2N1CC(O)CN1CCCC1=O. The smallest absolute Gasteiger partial charge is 0.222 e. The number of benzene rings is 1. The summed E-state index contributed by atoms with van der Waals surface area (Å²) in [7, 11) is 0. The Morgan fingerprint density at radius 1 is 1.26 bits per heavy atom. The molecule has 3 rings (SSSR count). The number of aliphatic hydroxyl groups excluding tert-OH is 1. The molecule has 4 heteroatoms. The Labute approximate surface area is 139 Å². The van der Waals surface area contributed by atoms with Crippen molar-refractivity contribution >= 4 is 11.6 Å². The van der Waals surface area contributed by atoms with Crippen LogP contribution in [0.2, 0.25) is 0 Å². The third-order valence-electron chi connectivity index (χ3n) is 5.12. The maximum Gasteiger partial charge on any atom is 0.222 e. The molecule has 2 aliphatic rings. The van der Waals surface area contributed by atoms with Crippen LogP contribution in [0.15, 0.2) is 24.3 Å². The Balaban J connectivity index is 1.70. The van der Waals surface area contributed by atoms with Gasteiger partial charge in [0, 0.05) is 37.8 Å². The number of rotatable bonds is 6. The number of hydrogen-bond acceptors (Lipinski definition) is 3. The van der Waals surface area contributed by atoms with Crippen LogP contribution in [0.3, 0.4) is 0 Å². The van der Waals surface area contributed by atoms with E-state index in [1.165, 1.54) is 11.3 Å². The highest BCUT2D eigenvalue weighted by Crippen LogP contribution is 2.32. The molecule has 2 unspecified atom stereocenters. The van der Waals surface area contributed by atoms with Gasteiger partial charge >= 0.3 is 0 Å². The molecular weight excluding hydrogens is 288 g/mol. The molecule has 0 aliphatic carbocycles. The van der Waals surface area contributed by atoms with Gasteiger partial charge in [-0.1, -0.05) is 31.5 Å². The first kappa shape index (κ1) is 16.3. The molecule has 1 fully saturated rings. The van der Waals surface area contributed by atoms with E-state index >= 15 is 0 Å². The molecule has 0 radical (unpaired) electrons. The normalized spacial score (nSPS) is 22.3. The molecule has 0 bridgehead atoms. The van der Waals surface area contributed by atoms with Crippen LogP contribution in [0.5, 0.6) is 0 Å². The molecule has 0 aromatic heterocycles. The van der Waals surface area contributed by atoms with Gasteiger partial charge < -0.3 is 14.9 Å². The predicted octanol–water partition coefficient (Wildman–Crippen LogP) is 2.59. The third kappa shape index (κ3) is 3.69. The largest absolute Gasteiger partial charge is 0.389 e. The van der Waals surface area contributed by atoms with E-state index in [1.807, 2.05) is 4.90 Å². The molecule has 0 spiro atoms. The highest BCUT2D eigenvalue weighted by molar-refractivity contribution is 5.78. The van der Waals surface area contributed by atoms with Crippen molar-refractivity contribution in [1.29, 1.82) is 0 Å². The number of carbonyl (C=O) groups excluding carboxylic acids is 1. The molecule has 2 atom stereocenters. The highest BCUT2D eigenvalue weighted by atomic mass is 16.3. The van der Waals surface area contributed by atoms with Crippen LogP contribution in [0, 0.1) is 0 Å². The average Bonchev–Trinajstić information content (AvgIpc) is 2.95. The first-order chi connectivity index (χ1) is 11.2. The summed E-state index contributed by atoms with van der Waals surface area (Å²) in [6.45, 7) is 4.10. The number of anilines is 1. The average molecular weight is 316 g/mol. The van der Waals surface area contributed by atoms with E-state index in [4.69, 9.17) is 0 Å². The maximum absolute atomic E-state index is 11.8. The summed E-state index contributed by atoms with van der Waals surface area (Å²) in [5, 5.41) is 10.6. The number of fused-ring (bicyclic) bond motifs is 1. The highest BCUT2D eigenvalue weighted by Gasteiger charge is 2.29. The van der Waals surface area contributed by atoms with Crippen LogP contribution < -0.4 is 4.90 Å². The number of β-amino-alcohol motifs (C(OH)–C–C–N with tert-alkyl or cyclic N) is 1. The number of amides is 1. The lowest BCUT2D eigenvalue weighted by Crippen LogP contribution is -2.47. The van der Waals surface area contributed by atoms with Crippen LogP contribution in [0.25, 0.3) is 0 Å². The molecular formula is C19H28N2O2. The Bertz CT molecular complexity index is 546. The zero-order valence-corrected chi connectivity index (χ0v) is 14.1. The lowest BCUT2D eigenvalue weighted by atomic mass is 9.93.